The fraction of sp³-hybridized carbons (Fsp3) is 0.111. The number of hydrogen-bond acceptors (Lipinski definition) is 4. The second kappa shape index (κ2) is 5.81. The van der Waals surface area contributed by atoms with Crippen molar-refractivity contribution in [3.05, 3.63) is 66.5 Å². The van der Waals surface area contributed by atoms with Gasteiger partial charge in [0.15, 0.2) is 11.5 Å². The zero-order valence-corrected chi connectivity index (χ0v) is 13.0. The molecule has 0 aliphatic rings. The van der Waals surface area contributed by atoms with Gasteiger partial charge in [0, 0.05) is 23.7 Å². The van der Waals surface area contributed by atoms with Crippen LogP contribution in [0.15, 0.2) is 55.0 Å². The second-order valence-electron chi connectivity index (χ2n) is 5.40. The molecule has 4 aromatic rings. The largest absolute Gasteiger partial charge is 0.261 e. The summed E-state index contributed by atoms with van der Waals surface area (Å²) in [5.41, 5.74) is 3.29. The van der Waals surface area contributed by atoms with Gasteiger partial charge in [-0.25, -0.2) is 19.0 Å². The standard InChI is InChI=1S/C18H14FN5/c1-2-15-6-3-12(9-20-15)17-21-10-13-11-22-24(18(13)23-17)16-7-4-14(19)5-8-16/h3-11H,2H2,1H3. The summed E-state index contributed by atoms with van der Waals surface area (Å²) in [6, 6.07) is 10.1. The van der Waals surface area contributed by atoms with Crippen molar-refractivity contribution < 1.29 is 4.39 Å². The van der Waals surface area contributed by atoms with Crippen LogP contribution in [0, 0.1) is 5.82 Å². The van der Waals surface area contributed by atoms with Crippen molar-refractivity contribution in [3.63, 3.8) is 0 Å². The van der Waals surface area contributed by atoms with E-state index in [4.69, 9.17) is 0 Å². The number of aryl methyl sites for hydroxylation is 1. The molecule has 0 radical (unpaired) electrons. The number of nitrogens with zero attached hydrogens (tertiary/aromatic N) is 5. The predicted octanol–water partition coefficient (Wildman–Crippen LogP) is 3.58. The van der Waals surface area contributed by atoms with Gasteiger partial charge < -0.3 is 0 Å². The molecule has 0 fully saturated rings. The molecule has 5 nitrogen and oxygen atoms in total. The molecule has 4 rings (SSSR count). The lowest BCUT2D eigenvalue weighted by molar-refractivity contribution is 0.627. The summed E-state index contributed by atoms with van der Waals surface area (Å²) in [6.07, 6.45) is 6.09. The summed E-state index contributed by atoms with van der Waals surface area (Å²) < 4.78 is 14.8. The molecule has 0 aliphatic carbocycles. The summed E-state index contributed by atoms with van der Waals surface area (Å²) in [4.78, 5) is 13.4. The molecule has 0 aliphatic heterocycles. The van der Waals surface area contributed by atoms with E-state index in [1.807, 2.05) is 12.1 Å². The molecule has 0 unspecified atom stereocenters. The van der Waals surface area contributed by atoms with Gasteiger partial charge in [-0.15, -0.1) is 0 Å². The molecule has 0 saturated carbocycles. The lowest BCUT2D eigenvalue weighted by atomic mass is 10.2. The maximum Gasteiger partial charge on any atom is 0.166 e. The average molecular weight is 319 g/mol. The van der Waals surface area contributed by atoms with E-state index < -0.39 is 0 Å². The molecule has 0 spiro atoms. The van der Waals surface area contributed by atoms with Gasteiger partial charge in [-0.3, -0.25) is 4.98 Å². The van der Waals surface area contributed by atoms with Crippen molar-refractivity contribution in [2.45, 2.75) is 13.3 Å². The Kier molecular flexibility index (Phi) is 3.49. The molecule has 0 bridgehead atoms. The molecular weight excluding hydrogens is 305 g/mol. The first-order valence-corrected chi connectivity index (χ1v) is 7.66. The summed E-state index contributed by atoms with van der Waals surface area (Å²) in [5, 5.41) is 5.15. The van der Waals surface area contributed by atoms with Crippen LogP contribution >= 0.6 is 0 Å². The Balaban J connectivity index is 1.81. The molecule has 0 amide bonds. The maximum atomic E-state index is 13.1. The van der Waals surface area contributed by atoms with Gasteiger partial charge in [0.1, 0.15) is 5.82 Å². The molecule has 0 atom stereocenters. The number of pyridine rings is 1. The quantitative estimate of drug-likeness (QED) is 0.579. The Bertz CT molecular complexity index is 990. The highest BCUT2D eigenvalue weighted by Crippen LogP contribution is 2.20. The number of fused-ring (bicyclic) bond motifs is 1. The SMILES string of the molecule is CCc1ccc(-c2ncc3cnn(-c4ccc(F)cc4)c3n2)cn1. The zero-order valence-electron chi connectivity index (χ0n) is 13.0. The minimum Gasteiger partial charge on any atom is -0.261 e. The van der Waals surface area contributed by atoms with E-state index in [2.05, 4.69) is 27.0 Å². The van der Waals surface area contributed by atoms with E-state index in [9.17, 15) is 4.39 Å². The number of hydrogen-bond donors (Lipinski definition) is 0. The van der Waals surface area contributed by atoms with Crippen molar-refractivity contribution in [1.29, 1.82) is 0 Å². The van der Waals surface area contributed by atoms with Crippen LogP contribution in [0.1, 0.15) is 12.6 Å². The number of aromatic nitrogens is 5. The lowest BCUT2D eigenvalue weighted by Gasteiger charge is -2.05. The predicted molar refractivity (Wildman–Crippen MR) is 89.2 cm³/mol. The Morgan fingerprint density at radius 1 is 0.958 bits per heavy atom. The molecule has 0 N–H and O–H groups in total. The van der Waals surface area contributed by atoms with Gasteiger partial charge in [0.2, 0.25) is 0 Å². The Hall–Kier alpha value is -3.15. The minimum absolute atomic E-state index is 0.285. The lowest BCUT2D eigenvalue weighted by Crippen LogP contribution is -1.99. The first-order valence-electron chi connectivity index (χ1n) is 7.66. The molecule has 6 heteroatoms. The Morgan fingerprint density at radius 2 is 1.79 bits per heavy atom. The van der Waals surface area contributed by atoms with E-state index in [1.54, 1.807) is 35.4 Å². The van der Waals surface area contributed by atoms with Crippen molar-refractivity contribution in [3.8, 4) is 17.1 Å². The van der Waals surface area contributed by atoms with E-state index >= 15 is 0 Å². The summed E-state index contributed by atoms with van der Waals surface area (Å²) in [5.74, 6) is 0.300. The van der Waals surface area contributed by atoms with Gasteiger partial charge in [-0.2, -0.15) is 5.10 Å². The van der Waals surface area contributed by atoms with Crippen molar-refractivity contribution >= 4 is 11.0 Å². The van der Waals surface area contributed by atoms with Gasteiger partial charge in [-0.1, -0.05) is 6.92 Å². The van der Waals surface area contributed by atoms with E-state index in [0.717, 1.165) is 28.8 Å². The smallest absolute Gasteiger partial charge is 0.166 e. The molecule has 118 valence electrons. The number of rotatable bonds is 3. The third-order valence-corrected chi connectivity index (χ3v) is 3.83. The first kappa shape index (κ1) is 14.4. The summed E-state index contributed by atoms with van der Waals surface area (Å²) >= 11 is 0. The summed E-state index contributed by atoms with van der Waals surface area (Å²) in [6.45, 7) is 2.06. The van der Waals surface area contributed by atoms with Crippen LogP contribution in [0.4, 0.5) is 4.39 Å². The zero-order chi connectivity index (χ0) is 16.5. The fourth-order valence-corrected chi connectivity index (χ4v) is 2.49. The number of benzene rings is 1. The monoisotopic (exact) mass is 319 g/mol. The van der Waals surface area contributed by atoms with Crippen LogP contribution < -0.4 is 0 Å². The van der Waals surface area contributed by atoms with Gasteiger partial charge in [0.05, 0.1) is 17.3 Å². The van der Waals surface area contributed by atoms with Crippen molar-refractivity contribution in [2.75, 3.05) is 0 Å². The molecule has 3 heterocycles. The van der Waals surface area contributed by atoms with Crippen LogP contribution in [0.3, 0.4) is 0 Å². The van der Waals surface area contributed by atoms with Crippen LogP contribution in [0.5, 0.6) is 0 Å². The number of halogens is 1. The van der Waals surface area contributed by atoms with Crippen LogP contribution in [-0.4, -0.2) is 24.7 Å². The van der Waals surface area contributed by atoms with Crippen molar-refractivity contribution in [1.82, 2.24) is 24.7 Å². The highest BCUT2D eigenvalue weighted by atomic mass is 19.1. The molecule has 24 heavy (non-hydrogen) atoms. The third-order valence-electron chi connectivity index (χ3n) is 3.83. The van der Waals surface area contributed by atoms with Crippen LogP contribution in [0.25, 0.3) is 28.1 Å². The van der Waals surface area contributed by atoms with Crippen molar-refractivity contribution in [2.24, 2.45) is 0 Å². The molecule has 1 aromatic carbocycles. The maximum absolute atomic E-state index is 13.1. The minimum atomic E-state index is -0.285. The topological polar surface area (TPSA) is 56.5 Å². The van der Waals surface area contributed by atoms with E-state index in [1.165, 1.54) is 12.1 Å². The second-order valence-corrected chi connectivity index (χ2v) is 5.40. The van der Waals surface area contributed by atoms with Crippen LogP contribution in [0.2, 0.25) is 0 Å². The Labute approximate surface area is 137 Å². The van der Waals surface area contributed by atoms with Gasteiger partial charge in [0.25, 0.3) is 0 Å². The van der Waals surface area contributed by atoms with Crippen LogP contribution in [-0.2, 0) is 6.42 Å². The fourth-order valence-electron chi connectivity index (χ4n) is 2.49. The molecular formula is C18H14FN5. The van der Waals surface area contributed by atoms with E-state index in [0.29, 0.717) is 11.5 Å². The normalized spacial score (nSPS) is 11.1. The summed E-state index contributed by atoms with van der Waals surface area (Å²) in [7, 11) is 0. The highest BCUT2D eigenvalue weighted by molar-refractivity contribution is 5.77. The molecule has 3 aromatic heterocycles. The first-order chi connectivity index (χ1) is 11.7. The third kappa shape index (κ3) is 2.52. The Morgan fingerprint density at radius 3 is 2.50 bits per heavy atom. The van der Waals surface area contributed by atoms with E-state index in [-0.39, 0.29) is 5.82 Å². The highest BCUT2D eigenvalue weighted by Gasteiger charge is 2.10. The van der Waals surface area contributed by atoms with Gasteiger partial charge >= 0.3 is 0 Å². The molecule has 0 saturated heterocycles. The average Bonchev–Trinajstić information content (AvgIpc) is 3.05. The van der Waals surface area contributed by atoms with Gasteiger partial charge in [-0.05, 0) is 42.8 Å².